The Balaban J connectivity index is 1.74. The van der Waals surface area contributed by atoms with Crippen molar-refractivity contribution in [3.63, 3.8) is 0 Å². The Labute approximate surface area is 136 Å². The van der Waals surface area contributed by atoms with E-state index in [4.69, 9.17) is 0 Å². The minimum Gasteiger partial charge on any atom is -0.381 e. The average molecular weight is 301 g/mol. The lowest BCUT2D eigenvalue weighted by molar-refractivity contribution is 0.627. The fourth-order valence-corrected chi connectivity index (χ4v) is 3.21. The molecule has 0 saturated carbocycles. The number of fused-ring (bicyclic) bond motifs is 1. The summed E-state index contributed by atoms with van der Waals surface area (Å²) in [4.78, 5) is 6.73. The van der Waals surface area contributed by atoms with E-state index in [0.717, 1.165) is 13.1 Å². The molecule has 23 heavy (non-hydrogen) atoms. The first-order valence-corrected chi connectivity index (χ1v) is 7.95. The number of para-hydroxylation sites is 2. The predicted molar refractivity (Wildman–Crippen MR) is 94.5 cm³/mol. The van der Waals surface area contributed by atoms with Gasteiger partial charge in [0.1, 0.15) is 0 Å². The molecule has 2 heterocycles. The highest BCUT2D eigenvalue weighted by molar-refractivity contribution is 5.73. The number of hydrogen-bond acceptors (Lipinski definition) is 3. The molecule has 2 aromatic carbocycles. The summed E-state index contributed by atoms with van der Waals surface area (Å²) in [7, 11) is 0. The Morgan fingerprint density at radius 2 is 1.78 bits per heavy atom. The van der Waals surface area contributed by atoms with Crippen LogP contribution in [0.15, 0.2) is 79.1 Å². The van der Waals surface area contributed by atoms with Crippen molar-refractivity contribution in [2.24, 2.45) is 0 Å². The average Bonchev–Trinajstić information content (AvgIpc) is 2.64. The molecule has 0 spiro atoms. The molecule has 0 aliphatic carbocycles. The van der Waals surface area contributed by atoms with Crippen LogP contribution in [0.25, 0.3) is 0 Å². The molecule has 4 rings (SSSR count). The Morgan fingerprint density at radius 3 is 2.61 bits per heavy atom. The van der Waals surface area contributed by atoms with E-state index in [0.29, 0.717) is 6.04 Å². The molecule has 114 valence electrons. The van der Waals surface area contributed by atoms with E-state index in [1.165, 1.54) is 22.5 Å². The van der Waals surface area contributed by atoms with Crippen molar-refractivity contribution in [2.75, 3.05) is 16.8 Å². The van der Waals surface area contributed by atoms with E-state index in [1.54, 1.807) is 0 Å². The lowest BCUT2D eigenvalue weighted by atomic mass is 10.0. The van der Waals surface area contributed by atoms with E-state index in [2.05, 4.69) is 75.9 Å². The van der Waals surface area contributed by atoms with Crippen LogP contribution in [0.4, 0.5) is 11.4 Å². The Kier molecular flexibility index (Phi) is 3.68. The van der Waals surface area contributed by atoms with E-state index < -0.39 is 0 Å². The third-order valence-electron chi connectivity index (χ3n) is 4.34. The van der Waals surface area contributed by atoms with Crippen molar-refractivity contribution in [1.82, 2.24) is 4.98 Å². The molecule has 1 aromatic heterocycles. The highest BCUT2D eigenvalue weighted by Crippen LogP contribution is 2.38. The highest BCUT2D eigenvalue weighted by atomic mass is 15.2. The number of anilines is 2. The zero-order chi connectivity index (χ0) is 15.5. The summed E-state index contributed by atoms with van der Waals surface area (Å²) in [5, 5.41) is 3.57. The number of hydrogen-bond donors (Lipinski definition) is 1. The van der Waals surface area contributed by atoms with Gasteiger partial charge in [0, 0.05) is 25.5 Å². The van der Waals surface area contributed by atoms with Crippen molar-refractivity contribution in [1.29, 1.82) is 0 Å². The van der Waals surface area contributed by atoms with E-state index >= 15 is 0 Å². The number of pyridine rings is 1. The van der Waals surface area contributed by atoms with Gasteiger partial charge in [0.05, 0.1) is 17.4 Å². The second-order valence-electron chi connectivity index (χ2n) is 5.81. The molecule has 0 bridgehead atoms. The fraction of sp³-hybridized carbons (Fsp3) is 0.150. The van der Waals surface area contributed by atoms with Gasteiger partial charge < -0.3 is 10.2 Å². The van der Waals surface area contributed by atoms with E-state index in [-0.39, 0.29) is 0 Å². The van der Waals surface area contributed by atoms with Gasteiger partial charge in [0.15, 0.2) is 0 Å². The van der Waals surface area contributed by atoms with Gasteiger partial charge in [0.25, 0.3) is 0 Å². The highest BCUT2D eigenvalue weighted by Gasteiger charge is 2.27. The molecule has 0 amide bonds. The van der Waals surface area contributed by atoms with Crippen LogP contribution in [0, 0.1) is 0 Å². The van der Waals surface area contributed by atoms with Gasteiger partial charge in [-0.2, -0.15) is 0 Å². The Morgan fingerprint density at radius 1 is 0.957 bits per heavy atom. The Hall–Kier alpha value is -2.81. The van der Waals surface area contributed by atoms with Gasteiger partial charge in [-0.25, -0.2) is 0 Å². The van der Waals surface area contributed by atoms with Crippen molar-refractivity contribution < 1.29 is 0 Å². The maximum atomic E-state index is 4.26. The van der Waals surface area contributed by atoms with Crippen LogP contribution in [0.5, 0.6) is 0 Å². The van der Waals surface area contributed by atoms with Crippen molar-refractivity contribution >= 4 is 11.4 Å². The molecule has 1 aliphatic rings. The summed E-state index contributed by atoms with van der Waals surface area (Å²) in [5.74, 6) is 0. The molecule has 1 N–H and O–H groups in total. The standard InChI is InChI=1S/C20H19N3/c1-2-8-17(9-3-1)20-14-22-18-10-4-5-11-19(18)23(20)15-16-7-6-12-21-13-16/h1-13,20,22H,14-15H2. The second-order valence-corrected chi connectivity index (χ2v) is 5.81. The van der Waals surface area contributed by atoms with Crippen LogP contribution in [0.1, 0.15) is 17.2 Å². The first-order valence-electron chi connectivity index (χ1n) is 7.95. The first-order chi connectivity index (χ1) is 11.4. The number of nitrogens with one attached hydrogen (secondary N) is 1. The first kappa shape index (κ1) is 13.8. The monoisotopic (exact) mass is 301 g/mol. The number of benzene rings is 2. The zero-order valence-electron chi connectivity index (χ0n) is 12.9. The van der Waals surface area contributed by atoms with Gasteiger partial charge in [-0.05, 0) is 29.3 Å². The van der Waals surface area contributed by atoms with Crippen LogP contribution in [0.2, 0.25) is 0 Å². The molecule has 0 saturated heterocycles. The summed E-state index contributed by atoms with van der Waals surface area (Å²) in [6, 6.07) is 23.7. The zero-order valence-corrected chi connectivity index (χ0v) is 12.9. The quantitative estimate of drug-likeness (QED) is 0.783. The predicted octanol–water partition coefficient (Wildman–Crippen LogP) is 4.26. The summed E-state index contributed by atoms with van der Waals surface area (Å²) in [6.07, 6.45) is 3.77. The number of aromatic nitrogens is 1. The van der Waals surface area contributed by atoms with Crippen molar-refractivity contribution in [2.45, 2.75) is 12.6 Å². The molecule has 1 atom stereocenters. The SMILES string of the molecule is c1ccc(C2CNc3ccccc3N2Cc2cccnc2)cc1. The fourth-order valence-electron chi connectivity index (χ4n) is 3.21. The van der Waals surface area contributed by atoms with Crippen LogP contribution >= 0.6 is 0 Å². The van der Waals surface area contributed by atoms with Crippen LogP contribution in [0.3, 0.4) is 0 Å². The topological polar surface area (TPSA) is 28.2 Å². The summed E-state index contributed by atoms with van der Waals surface area (Å²) >= 11 is 0. The normalized spacial score (nSPS) is 16.5. The smallest absolute Gasteiger partial charge is 0.0719 e. The maximum absolute atomic E-state index is 4.26. The van der Waals surface area contributed by atoms with E-state index in [1.807, 2.05) is 18.5 Å². The molecule has 3 aromatic rings. The molecular weight excluding hydrogens is 282 g/mol. The van der Waals surface area contributed by atoms with Crippen LogP contribution in [-0.2, 0) is 6.54 Å². The van der Waals surface area contributed by atoms with Gasteiger partial charge in [-0.15, -0.1) is 0 Å². The lowest BCUT2D eigenvalue weighted by Crippen LogP contribution is -2.37. The van der Waals surface area contributed by atoms with Gasteiger partial charge >= 0.3 is 0 Å². The molecular formula is C20H19N3. The minimum absolute atomic E-state index is 0.311. The van der Waals surface area contributed by atoms with Gasteiger partial charge in [-0.1, -0.05) is 48.5 Å². The molecule has 0 fully saturated rings. The van der Waals surface area contributed by atoms with Crippen molar-refractivity contribution in [3.05, 3.63) is 90.3 Å². The molecule has 0 radical (unpaired) electrons. The third-order valence-corrected chi connectivity index (χ3v) is 4.34. The maximum Gasteiger partial charge on any atom is 0.0719 e. The number of rotatable bonds is 3. The van der Waals surface area contributed by atoms with Crippen LogP contribution < -0.4 is 10.2 Å². The minimum atomic E-state index is 0.311. The summed E-state index contributed by atoms with van der Waals surface area (Å²) < 4.78 is 0. The molecule has 1 unspecified atom stereocenters. The molecule has 1 aliphatic heterocycles. The Bertz CT molecular complexity index is 771. The van der Waals surface area contributed by atoms with Gasteiger partial charge in [-0.3, -0.25) is 4.98 Å². The van der Waals surface area contributed by atoms with Crippen LogP contribution in [-0.4, -0.2) is 11.5 Å². The lowest BCUT2D eigenvalue weighted by Gasteiger charge is -2.40. The largest absolute Gasteiger partial charge is 0.381 e. The summed E-state index contributed by atoms with van der Waals surface area (Å²) in [6.45, 7) is 1.76. The molecule has 3 nitrogen and oxygen atoms in total. The number of nitrogens with zero attached hydrogens (tertiary/aromatic N) is 2. The third kappa shape index (κ3) is 2.78. The van der Waals surface area contributed by atoms with E-state index in [9.17, 15) is 0 Å². The van der Waals surface area contributed by atoms with Crippen molar-refractivity contribution in [3.8, 4) is 0 Å². The van der Waals surface area contributed by atoms with Gasteiger partial charge in [0.2, 0.25) is 0 Å². The second kappa shape index (κ2) is 6.13. The molecule has 3 heteroatoms. The summed E-state index contributed by atoms with van der Waals surface area (Å²) in [5.41, 5.74) is 5.00.